The molecule has 4 heteroatoms. The number of hydrogen-bond acceptors (Lipinski definition) is 3. The summed E-state index contributed by atoms with van der Waals surface area (Å²) >= 11 is 6.32. The van der Waals surface area contributed by atoms with E-state index in [4.69, 9.17) is 16.3 Å². The van der Waals surface area contributed by atoms with Crippen molar-refractivity contribution in [3.63, 3.8) is 0 Å². The van der Waals surface area contributed by atoms with E-state index in [1.54, 1.807) is 0 Å². The van der Waals surface area contributed by atoms with Crippen LogP contribution < -0.4 is 9.64 Å². The predicted octanol–water partition coefficient (Wildman–Crippen LogP) is 5.27. The molecule has 0 saturated heterocycles. The number of hydrogen-bond donors (Lipinski definition) is 1. The molecule has 1 aliphatic rings. The largest absolute Gasteiger partial charge is 0.507 e. The first-order chi connectivity index (χ1) is 11.2. The molecule has 0 spiro atoms. The van der Waals surface area contributed by atoms with Crippen LogP contribution in [0.4, 0.5) is 5.69 Å². The minimum Gasteiger partial charge on any atom is -0.507 e. The molecule has 0 unspecified atom stereocenters. The lowest BCUT2D eigenvalue weighted by Gasteiger charge is -2.35. The van der Waals surface area contributed by atoms with Crippen LogP contribution in [0.5, 0.6) is 11.5 Å². The molecule has 1 aliphatic heterocycles. The molecule has 0 aromatic heterocycles. The van der Waals surface area contributed by atoms with Gasteiger partial charge in [-0.2, -0.15) is 0 Å². The zero-order valence-corrected chi connectivity index (χ0v) is 15.8. The second-order valence-corrected chi connectivity index (χ2v) is 8.12. The Labute approximate surface area is 149 Å². The van der Waals surface area contributed by atoms with Crippen molar-refractivity contribution in [2.45, 2.75) is 52.2 Å². The lowest BCUT2D eigenvalue weighted by Crippen LogP contribution is -2.40. The van der Waals surface area contributed by atoms with Crippen molar-refractivity contribution in [2.24, 2.45) is 0 Å². The fourth-order valence-corrected chi connectivity index (χ4v) is 3.85. The van der Waals surface area contributed by atoms with Gasteiger partial charge < -0.3 is 14.7 Å². The number of phenolic OH excluding ortho intramolecular Hbond substituents is 1. The number of fused-ring (bicyclic) bond motifs is 3. The van der Waals surface area contributed by atoms with E-state index in [9.17, 15) is 5.11 Å². The third-order valence-corrected chi connectivity index (χ3v) is 4.95. The van der Waals surface area contributed by atoms with Crippen molar-refractivity contribution < 1.29 is 9.84 Å². The van der Waals surface area contributed by atoms with Gasteiger partial charge in [-0.3, -0.25) is 0 Å². The van der Waals surface area contributed by atoms with Crippen molar-refractivity contribution in [2.75, 3.05) is 17.3 Å². The summed E-state index contributed by atoms with van der Waals surface area (Å²) in [4.78, 5) is 2.33. The molecule has 24 heavy (non-hydrogen) atoms. The van der Waals surface area contributed by atoms with Gasteiger partial charge in [-0.25, -0.2) is 0 Å². The van der Waals surface area contributed by atoms with Crippen LogP contribution in [-0.4, -0.2) is 29.2 Å². The Bertz CT molecular complexity index is 764. The van der Waals surface area contributed by atoms with Crippen LogP contribution >= 0.6 is 11.6 Å². The van der Waals surface area contributed by atoms with E-state index in [0.717, 1.165) is 28.8 Å². The van der Waals surface area contributed by atoms with Gasteiger partial charge >= 0.3 is 0 Å². The number of alkyl halides is 1. The first-order valence-corrected chi connectivity index (χ1v) is 9.06. The van der Waals surface area contributed by atoms with E-state index in [-0.39, 0.29) is 17.6 Å². The van der Waals surface area contributed by atoms with E-state index >= 15 is 0 Å². The third kappa shape index (κ3) is 2.79. The minimum absolute atomic E-state index is 0.0382. The van der Waals surface area contributed by atoms with Crippen LogP contribution in [0.25, 0.3) is 10.8 Å². The Morgan fingerprint density at radius 1 is 1.33 bits per heavy atom. The maximum absolute atomic E-state index is 10.6. The van der Waals surface area contributed by atoms with Crippen LogP contribution in [-0.2, 0) is 0 Å². The number of benzene rings is 2. The summed E-state index contributed by atoms with van der Waals surface area (Å²) in [5.41, 5.74) is 2.23. The summed E-state index contributed by atoms with van der Waals surface area (Å²) in [7, 11) is 0. The summed E-state index contributed by atoms with van der Waals surface area (Å²) in [5.74, 6) is 1.89. The zero-order chi connectivity index (χ0) is 17.6. The van der Waals surface area contributed by atoms with E-state index in [1.807, 2.05) is 38.1 Å². The summed E-state index contributed by atoms with van der Waals surface area (Å²) in [6.07, 6.45) is 0.0724. The summed E-state index contributed by atoms with van der Waals surface area (Å²) in [5, 5.41) is 12.5. The van der Waals surface area contributed by atoms with Gasteiger partial charge in [0.05, 0.1) is 6.10 Å². The second kappa shape index (κ2) is 6.03. The Kier molecular flexibility index (Phi) is 4.33. The summed E-state index contributed by atoms with van der Waals surface area (Å²) in [6, 6.07) is 7.74. The maximum Gasteiger partial charge on any atom is 0.128 e. The lowest BCUT2D eigenvalue weighted by molar-refractivity contribution is 0.245. The predicted molar refractivity (Wildman–Crippen MR) is 102 cm³/mol. The molecule has 1 N–H and O–H groups in total. The normalized spacial score (nSPS) is 17.6. The van der Waals surface area contributed by atoms with Gasteiger partial charge in [0.15, 0.2) is 0 Å². The van der Waals surface area contributed by atoms with Crippen molar-refractivity contribution >= 4 is 28.1 Å². The molecule has 1 atom stereocenters. The lowest BCUT2D eigenvalue weighted by atomic mass is 9.94. The molecule has 0 aliphatic carbocycles. The standard InChI is InChI=1S/C20H26ClNO2/c1-12(2)24-17-8-6-7-14-16(23)9-15-18(19(14)17)13(10-21)11-22(15)20(3,4)5/h6-9,12-13,23H,10-11H2,1-5H3/t13-/m1/s1. The van der Waals surface area contributed by atoms with Gasteiger partial charge in [0.25, 0.3) is 0 Å². The average molecular weight is 348 g/mol. The molecule has 2 aromatic rings. The number of halogens is 1. The molecule has 3 rings (SSSR count). The van der Waals surface area contributed by atoms with Gasteiger partial charge in [0, 0.05) is 46.4 Å². The van der Waals surface area contributed by atoms with Gasteiger partial charge in [0.1, 0.15) is 11.5 Å². The van der Waals surface area contributed by atoms with Crippen molar-refractivity contribution in [3.05, 3.63) is 29.8 Å². The maximum atomic E-state index is 10.6. The molecular weight excluding hydrogens is 322 g/mol. The highest BCUT2D eigenvalue weighted by molar-refractivity contribution is 6.19. The molecule has 0 radical (unpaired) electrons. The molecule has 0 fully saturated rings. The van der Waals surface area contributed by atoms with Gasteiger partial charge in [0.2, 0.25) is 0 Å². The number of phenols is 1. The average Bonchev–Trinajstić information content (AvgIpc) is 2.85. The second-order valence-electron chi connectivity index (χ2n) is 7.81. The van der Waals surface area contributed by atoms with Crippen LogP contribution in [0.1, 0.15) is 46.1 Å². The molecule has 0 amide bonds. The molecule has 3 nitrogen and oxygen atoms in total. The third-order valence-electron chi connectivity index (χ3n) is 4.58. The molecular formula is C20H26ClNO2. The number of aromatic hydroxyl groups is 1. The highest BCUT2D eigenvalue weighted by Crippen LogP contribution is 2.49. The Morgan fingerprint density at radius 3 is 2.62 bits per heavy atom. The molecule has 0 saturated carbocycles. The monoisotopic (exact) mass is 347 g/mol. The topological polar surface area (TPSA) is 32.7 Å². The number of ether oxygens (including phenoxy) is 1. The molecule has 1 heterocycles. The highest BCUT2D eigenvalue weighted by Gasteiger charge is 2.37. The van der Waals surface area contributed by atoms with Gasteiger partial charge in [-0.1, -0.05) is 12.1 Å². The highest BCUT2D eigenvalue weighted by atomic mass is 35.5. The minimum atomic E-state index is -0.0382. The van der Waals surface area contributed by atoms with E-state index < -0.39 is 0 Å². The number of nitrogens with zero attached hydrogens (tertiary/aromatic N) is 1. The van der Waals surface area contributed by atoms with Crippen LogP contribution in [0.15, 0.2) is 24.3 Å². The first kappa shape index (κ1) is 17.2. The fourth-order valence-electron chi connectivity index (χ4n) is 3.60. The molecule has 130 valence electrons. The summed E-state index contributed by atoms with van der Waals surface area (Å²) in [6.45, 7) is 11.4. The van der Waals surface area contributed by atoms with Crippen molar-refractivity contribution in [1.29, 1.82) is 0 Å². The Balaban J connectivity index is 2.34. The molecule has 0 bridgehead atoms. The van der Waals surface area contributed by atoms with E-state index in [1.165, 1.54) is 5.56 Å². The van der Waals surface area contributed by atoms with Crippen molar-refractivity contribution in [1.82, 2.24) is 0 Å². The fraction of sp³-hybridized carbons (Fsp3) is 0.500. The van der Waals surface area contributed by atoms with Gasteiger partial charge in [-0.15, -0.1) is 11.6 Å². The van der Waals surface area contributed by atoms with Crippen LogP contribution in [0, 0.1) is 0 Å². The van der Waals surface area contributed by atoms with E-state index in [2.05, 4.69) is 25.7 Å². The van der Waals surface area contributed by atoms with Crippen LogP contribution in [0.2, 0.25) is 0 Å². The zero-order valence-electron chi connectivity index (χ0n) is 15.1. The number of anilines is 1. The smallest absolute Gasteiger partial charge is 0.128 e. The quantitative estimate of drug-likeness (QED) is 0.767. The van der Waals surface area contributed by atoms with Crippen LogP contribution in [0.3, 0.4) is 0 Å². The Hall–Kier alpha value is -1.61. The van der Waals surface area contributed by atoms with Gasteiger partial charge in [-0.05, 0) is 46.2 Å². The SMILES string of the molecule is CC(C)Oc1cccc2c(O)cc3c(c12)[C@H](CCl)CN3C(C)(C)C. The van der Waals surface area contributed by atoms with E-state index in [0.29, 0.717) is 11.6 Å². The number of rotatable bonds is 3. The Morgan fingerprint density at radius 2 is 2.04 bits per heavy atom. The first-order valence-electron chi connectivity index (χ1n) is 8.53. The van der Waals surface area contributed by atoms with Crippen molar-refractivity contribution in [3.8, 4) is 11.5 Å². The molecule has 2 aromatic carbocycles. The summed E-state index contributed by atoms with van der Waals surface area (Å²) < 4.78 is 6.05.